The molecule has 1 N–H and O–H groups in total. The maximum absolute atomic E-state index is 13.2. The van der Waals surface area contributed by atoms with E-state index in [0.29, 0.717) is 35.4 Å². The standard InChI is InChI=1S/C31H34N6O3S/c1-22-9-10-23(2)27(19-22)37-28(20-32-30(39)24-11-13-26(40-3)14-12-24)33-34-31(37)41-21-29(38)36-17-15-35(16-18-36)25-7-5-4-6-8-25/h4-14,19H,15-18,20-21H2,1-3H3,(H,32,39). The van der Waals surface area contributed by atoms with Crippen LogP contribution >= 0.6 is 11.8 Å². The highest BCUT2D eigenvalue weighted by atomic mass is 32.2. The minimum atomic E-state index is -0.220. The highest BCUT2D eigenvalue weighted by molar-refractivity contribution is 7.99. The van der Waals surface area contributed by atoms with Gasteiger partial charge in [-0.3, -0.25) is 14.2 Å². The quantitative estimate of drug-likeness (QED) is 0.301. The number of nitrogens with one attached hydrogen (secondary N) is 1. The SMILES string of the molecule is COc1ccc(C(=O)NCc2nnc(SCC(=O)N3CCN(c4ccccc4)CC3)n2-c2cc(C)ccc2C)cc1. The average Bonchev–Trinajstić information content (AvgIpc) is 3.42. The van der Waals surface area contributed by atoms with Gasteiger partial charge in [-0.05, 0) is 67.4 Å². The number of hydrogen-bond donors (Lipinski definition) is 1. The second-order valence-corrected chi connectivity index (χ2v) is 10.9. The van der Waals surface area contributed by atoms with E-state index in [1.165, 1.54) is 17.4 Å². The van der Waals surface area contributed by atoms with Gasteiger partial charge < -0.3 is 19.9 Å². The Morgan fingerprint density at radius 3 is 2.37 bits per heavy atom. The van der Waals surface area contributed by atoms with Gasteiger partial charge in [0.25, 0.3) is 5.91 Å². The van der Waals surface area contributed by atoms with Gasteiger partial charge in [0.1, 0.15) is 5.75 Å². The zero-order chi connectivity index (χ0) is 28.8. The van der Waals surface area contributed by atoms with Crippen molar-refractivity contribution in [1.29, 1.82) is 0 Å². The third-order valence-electron chi connectivity index (χ3n) is 7.14. The smallest absolute Gasteiger partial charge is 0.251 e. The summed E-state index contributed by atoms with van der Waals surface area (Å²) in [6.45, 7) is 7.21. The normalized spacial score (nSPS) is 13.2. The predicted octanol–water partition coefficient (Wildman–Crippen LogP) is 4.26. The Labute approximate surface area is 244 Å². The van der Waals surface area contributed by atoms with E-state index in [1.807, 2.05) is 41.5 Å². The van der Waals surface area contributed by atoms with Crippen molar-refractivity contribution >= 4 is 29.3 Å². The molecule has 0 bridgehead atoms. The van der Waals surface area contributed by atoms with Gasteiger partial charge in [0, 0.05) is 37.4 Å². The largest absolute Gasteiger partial charge is 0.497 e. The number of ether oxygens (including phenoxy) is 1. The van der Waals surface area contributed by atoms with E-state index in [-0.39, 0.29) is 24.1 Å². The van der Waals surface area contributed by atoms with Crippen LogP contribution in [0.2, 0.25) is 0 Å². The Balaban J connectivity index is 1.28. The number of para-hydroxylation sites is 1. The highest BCUT2D eigenvalue weighted by Crippen LogP contribution is 2.26. The summed E-state index contributed by atoms with van der Waals surface area (Å²) in [6, 6.07) is 23.4. The number of amides is 2. The van der Waals surface area contributed by atoms with Gasteiger partial charge in [0.2, 0.25) is 5.91 Å². The molecule has 2 amide bonds. The van der Waals surface area contributed by atoms with Crippen molar-refractivity contribution in [3.05, 3.63) is 95.3 Å². The number of nitrogens with zero attached hydrogens (tertiary/aromatic N) is 5. The first-order chi connectivity index (χ1) is 19.9. The number of thioether (sulfide) groups is 1. The Morgan fingerprint density at radius 1 is 0.927 bits per heavy atom. The van der Waals surface area contributed by atoms with Crippen LogP contribution in [0.4, 0.5) is 5.69 Å². The summed E-state index contributed by atoms with van der Waals surface area (Å²) in [5, 5.41) is 12.4. The lowest BCUT2D eigenvalue weighted by Gasteiger charge is -2.36. The molecular formula is C31H34N6O3S. The summed E-state index contributed by atoms with van der Waals surface area (Å²) in [5.74, 6) is 1.39. The van der Waals surface area contributed by atoms with Gasteiger partial charge in [0.05, 0.1) is 25.1 Å². The van der Waals surface area contributed by atoms with E-state index in [0.717, 1.165) is 29.9 Å². The van der Waals surface area contributed by atoms with Crippen LogP contribution in [0.5, 0.6) is 5.75 Å². The number of rotatable bonds is 9. The maximum atomic E-state index is 13.2. The van der Waals surface area contributed by atoms with Gasteiger partial charge in [-0.2, -0.15) is 0 Å². The van der Waals surface area contributed by atoms with Gasteiger partial charge in [-0.1, -0.05) is 42.1 Å². The number of aryl methyl sites for hydroxylation is 2. The lowest BCUT2D eigenvalue weighted by atomic mass is 10.1. The third kappa shape index (κ3) is 6.71. The number of piperazine rings is 1. The van der Waals surface area contributed by atoms with Crippen LogP contribution in [0.1, 0.15) is 27.3 Å². The number of anilines is 1. The fraction of sp³-hybridized carbons (Fsp3) is 0.290. The first-order valence-electron chi connectivity index (χ1n) is 13.6. The molecule has 2 heterocycles. The molecule has 5 rings (SSSR count). The van der Waals surface area contributed by atoms with E-state index >= 15 is 0 Å². The number of hydrogen-bond acceptors (Lipinski definition) is 7. The summed E-state index contributed by atoms with van der Waals surface area (Å²) in [4.78, 5) is 30.2. The molecule has 1 aliphatic heterocycles. The van der Waals surface area contributed by atoms with Crippen LogP contribution in [-0.2, 0) is 11.3 Å². The van der Waals surface area contributed by atoms with E-state index in [4.69, 9.17) is 4.74 Å². The molecule has 0 unspecified atom stereocenters. The topological polar surface area (TPSA) is 92.6 Å². The number of methoxy groups -OCH3 is 1. The second-order valence-electron chi connectivity index (χ2n) is 9.93. The van der Waals surface area contributed by atoms with Crippen molar-refractivity contribution in [2.75, 3.05) is 43.9 Å². The van der Waals surface area contributed by atoms with Gasteiger partial charge in [0.15, 0.2) is 11.0 Å². The van der Waals surface area contributed by atoms with Gasteiger partial charge in [-0.25, -0.2) is 0 Å². The Kier molecular flexibility index (Phi) is 8.88. The molecule has 41 heavy (non-hydrogen) atoms. The molecule has 3 aromatic carbocycles. The monoisotopic (exact) mass is 570 g/mol. The first-order valence-corrected chi connectivity index (χ1v) is 14.6. The van der Waals surface area contributed by atoms with Crippen molar-refractivity contribution in [3.8, 4) is 11.4 Å². The molecule has 10 heteroatoms. The predicted molar refractivity (Wildman–Crippen MR) is 161 cm³/mol. The molecule has 0 atom stereocenters. The van der Waals surface area contributed by atoms with E-state index in [1.54, 1.807) is 31.4 Å². The summed E-state index contributed by atoms with van der Waals surface area (Å²) >= 11 is 1.37. The highest BCUT2D eigenvalue weighted by Gasteiger charge is 2.23. The van der Waals surface area contributed by atoms with Gasteiger partial charge >= 0.3 is 0 Å². The van der Waals surface area contributed by atoms with Crippen molar-refractivity contribution in [1.82, 2.24) is 25.0 Å². The van der Waals surface area contributed by atoms with Crippen molar-refractivity contribution in [3.63, 3.8) is 0 Å². The summed E-state index contributed by atoms with van der Waals surface area (Å²) in [5.41, 5.74) is 4.77. The van der Waals surface area contributed by atoms with Gasteiger partial charge in [-0.15, -0.1) is 10.2 Å². The van der Waals surface area contributed by atoms with E-state index in [9.17, 15) is 9.59 Å². The van der Waals surface area contributed by atoms with Crippen LogP contribution < -0.4 is 15.0 Å². The van der Waals surface area contributed by atoms with Crippen LogP contribution in [0.15, 0.2) is 78.0 Å². The zero-order valence-electron chi connectivity index (χ0n) is 23.5. The van der Waals surface area contributed by atoms with Crippen LogP contribution in [0, 0.1) is 13.8 Å². The summed E-state index contributed by atoms with van der Waals surface area (Å²) in [7, 11) is 1.59. The number of benzene rings is 3. The number of carbonyl (C=O) groups excluding carboxylic acids is 2. The maximum Gasteiger partial charge on any atom is 0.251 e. The number of carbonyl (C=O) groups is 2. The average molecular weight is 571 g/mol. The molecule has 1 aliphatic rings. The molecule has 1 fully saturated rings. The molecule has 212 valence electrons. The molecular weight excluding hydrogens is 536 g/mol. The minimum absolute atomic E-state index is 0.0765. The molecule has 0 radical (unpaired) electrons. The van der Waals surface area contributed by atoms with E-state index < -0.39 is 0 Å². The Morgan fingerprint density at radius 2 is 1.66 bits per heavy atom. The minimum Gasteiger partial charge on any atom is -0.497 e. The molecule has 4 aromatic rings. The van der Waals surface area contributed by atoms with E-state index in [2.05, 4.69) is 50.7 Å². The zero-order valence-corrected chi connectivity index (χ0v) is 24.4. The van der Waals surface area contributed by atoms with Crippen LogP contribution in [0.3, 0.4) is 0 Å². The van der Waals surface area contributed by atoms with Crippen molar-refractivity contribution in [2.45, 2.75) is 25.5 Å². The third-order valence-corrected chi connectivity index (χ3v) is 8.06. The van der Waals surface area contributed by atoms with Crippen molar-refractivity contribution < 1.29 is 14.3 Å². The molecule has 1 saturated heterocycles. The summed E-state index contributed by atoms with van der Waals surface area (Å²) in [6.07, 6.45) is 0. The lowest BCUT2D eigenvalue weighted by molar-refractivity contribution is -0.128. The Bertz CT molecular complexity index is 1500. The molecule has 1 aromatic heterocycles. The van der Waals surface area contributed by atoms with Crippen LogP contribution in [0.25, 0.3) is 5.69 Å². The summed E-state index contributed by atoms with van der Waals surface area (Å²) < 4.78 is 7.13. The Hall–Kier alpha value is -4.31. The molecule has 0 saturated carbocycles. The number of aromatic nitrogens is 3. The van der Waals surface area contributed by atoms with Crippen LogP contribution in [-0.4, -0.2) is 70.5 Å². The molecule has 0 aliphatic carbocycles. The lowest BCUT2D eigenvalue weighted by Crippen LogP contribution is -2.49. The molecule has 9 nitrogen and oxygen atoms in total. The first kappa shape index (κ1) is 28.2. The fourth-order valence-electron chi connectivity index (χ4n) is 4.78. The second kappa shape index (κ2) is 12.9. The fourth-order valence-corrected chi connectivity index (χ4v) is 5.65. The molecule has 0 spiro atoms. The van der Waals surface area contributed by atoms with Crippen molar-refractivity contribution in [2.24, 2.45) is 0 Å².